The van der Waals surface area contributed by atoms with Crippen LogP contribution in [0, 0.1) is 0 Å². The largest absolute Gasteiger partial charge is 0.493 e. The van der Waals surface area contributed by atoms with Gasteiger partial charge in [0.1, 0.15) is 5.56 Å². The first-order valence-electron chi connectivity index (χ1n) is 8.69. The first-order valence-corrected chi connectivity index (χ1v) is 9.07. The number of hydrogen-bond acceptors (Lipinski definition) is 5. The van der Waals surface area contributed by atoms with E-state index in [-0.39, 0.29) is 28.3 Å². The summed E-state index contributed by atoms with van der Waals surface area (Å²) in [6.45, 7) is 1.69. The van der Waals surface area contributed by atoms with Gasteiger partial charge in [-0.15, -0.1) is 0 Å². The van der Waals surface area contributed by atoms with E-state index in [4.69, 9.17) is 11.6 Å². The van der Waals surface area contributed by atoms with Crippen LogP contribution in [-0.4, -0.2) is 26.3 Å². The Hall–Kier alpha value is -3.65. The summed E-state index contributed by atoms with van der Waals surface area (Å²) in [7, 11) is 0. The normalized spacial score (nSPS) is 11.3. The van der Waals surface area contributed by atoms with Gasteiger partial charge in [0.05, 0.1) is 22.0 Å². The number of benzene rings is 2. The number of aromatic nitrogens is 2. The number of hydrazone groups is 1. The highest BCUT2D eigenvalue weighted by molar-refractivity contribution is 6.33. The molecular formula is C20H17ClN4O4. The van der Waals surface area contributed by atoms with Crippen molar-refractivity contribution in [1.82, 2.24) is 15.0 Å². The summed E-state index contributed by atoms with van der Waals surface area (Å²) in [6, 6.07) is 14.8. The average molecular weight is 413 g/mol. The van der Waals surface area contributed by atoms with Gasteiger partial charge in [0.15, 0.2) is 0 Å². The number of halogens is 1. The number of nitrogens with zero attached hydrogens (tertiary/aromatic N) is 2. The Balaban J connectivity index is 2.05. The van der Waals surface area contributed by atoms with Crippen molar-refractivity contribution in [3.63, 3.8) is 0 Å². The molecule has 1 heterocycles. The fourth-order valence-electron chi connectivity index (χ4n) is 2.74. The Morgan fingerprint density at radius 1 is 1.14 bits per heavy atom. The molecule has 9 heteroatoms. The Morgan fingerprint density at radius 3 is 2.45 bits per heavy atom. The lowest BCUT2D eigenvalue weighted by Crippen LogP contribution is -2.34. The molecule has 0 atom stereocenters. The smallest absolute Gasteiger partial charge is 0.335 e. The van der Waals surface area contributed by atoms with Gasteiger partial charge in [-0.3, -0.25) is 14.6 Å². The lowest BCUT2D eigenvalue weighted by Gasteiger charge is -2.12. The van der Waals surface area contributed by atoms with Crippen molar-refractivity contribution < 1.29 is 9.90 Å². The van der Waals surface area contributed by atoms with Crippen molar-refractivity contribution in [2.45, 2.75) is 13.3 Å². The number of nitrogens with one attached hydrogen (secondary N) is 2. The van der Waals surface area contributed by atoms with Crippen molar-refractivity contribution in [3.8, 4) is 11.6 Å². The number of H-pyrrole nitrogens is 1. The molecule has 0 radical (unpaired) electrons. The van der Waals surface area contributed by atoms with Crippen LogP contribution in [0.25, 0.3) is 5.69 Å². The average Bonchev–Trinajstić information content (AvgIpc) is 2.71. The summed E-state index contributed by atoms with van der Waals surface area (Å²) in [5.74, 6) is -1.15. The van der Waals surface area contributed by atoms with E-state index in [0.29, 0.717) is 5.69 Å². The van der Waals surface area contributed by atoms with Gasteiger partial charge in [-0.25, -0.2) is 14.8 Å². The van der Waals surface area contributed by atoms with Crippen LogP contribution in [0.15, 0.2) is 69.3 Å². The van der Waals surface area contributed by atoms with Crippen LogP contribution in [0.3, 0.4) is 0 Å². The standard InChI is InChI=1S/C20H17ClN4O4/c1-2-15(23-24-17(26)13-10-6-7-11-14(13)21)16-18(27)22-20(29)25(19(16)28)12-8-4-3-5-9-12/h3-11,28H,2H2,1H3,(H,24,26)(H,22,27,29). The van der Waals surface area contributed by atoms with E-state index in [0.717, 1.165) is 4.57 Å². The summed E-state index contributed by atoms with van der Waals surface area (Å²) in [4.78, 5) is 39.1. The molecule has 0 saturated carbocycles. The van der Waals surface area contributed by atoms with E-state index in [2.05, 4.69) is 15.5 Å². The van der Waals surface area contributed by atoms with Crippen molar-refractivity contribution in [3.05, 3.63) is 91.6 Å². The van der Waals surface area contributed by atoms with E-state index in [1.54, 1.807) is 55.5 Å². The number of carbonyl (C=O) groups excluding carboxylic acids is 1. The van der Waals surface area contributed by atoms with Gasteiger partial charge in [0.25, 0.3) is 11.5 Å². The molecule has 0 saturated heterocycles. The number of hydrogen-bond donors (Lipinski definition) is 3. The Morgan fingerprint density at radius 2 is 1.79 bits per heavy atom. The molecule has 29 heavy (non-hydrogen) atoms. The second-order valence-corrected chi connectivity index (χ2v) is 6.37. The maximum Gasteiger partial charge on any atom is 0.335 e. The molecule has 2 aromatic carbocycles. The highest BCUT2D eigenvalue weighted by Crippen LogP contribution is 2.18. The molecule has 3 aromatic rings. The summed E-state index contributed by atoms with van der Waals surface area (Å²) in [5, 5.41) is 14.9. The zero-order valence-electron chi connectivity index (χ0n) is 15.3. The zero-order valence-corrected chi connectivity index (χ0v) is 16.1. The van der Waals surface area contributed by atoms with Crippen molar-refractivity contribution in [2.75, 3.05) is 0 Å². The van der Waals surface area contributed by atoms with Gasteiger partial charge in [-0.1, -0.05) is 48.9 Å². The number of amides is 1. The first kappa shape index (κ1) is 20.1. The van der Waals surface area contributed by atoms with Crippen LogP contribution in [0.5, 0.6) is 5.88 Å². The fraction of sp³-hybridized carbons (Fsp3) is 0.100. The van der Waals surface area contributed by atoms with Crippen LogP contribution in [0.4, 0.5) is 0 Å². The lowest BCUT2D eigenvalue weighted by atomic mass is 10.1. The quantitative estimate of drug-likeness (QED) is 0.440. The van der Waals surface area contributed by atoms with Crippen LogP contribution >= 0.6 is 11.6 Å². The van der Waals surface area contributed by atoms with Crippen molar-refractivity contribution >= 4 is 23.2 Å². The third-order valence-electron chi connectivity index (χ3n) is 4.13. The van der Waals surface area contributed by atoms with Crippen LogP contribution in [0.2, 0.25) is 5.02 Å². The predicted octanol–water partition coefficient (Wildman–Crippen LogP) is 2.43. The van der Waals surface area contributed by atoms with Gasteiger partial charge in [0, 0.05) is 0 Å². The second kappa shape index (κ2) is 8.57. The molecule has 3 rings (SSSR count). The number of para-hydroxylation sites is 1. The highest BCUT2D eigenvalue weighted by Gasteiger charge is 2.20. The van der Waals surface area contributed by atoms with Crippen LogP contribution < -0.4 is 16.7 Å². The third kappa shape index (κ3) is 4.12. The van der Waals surface area contributed by atoms with Crippen molar-refractivity contribution in [1.29, 1.82) is 0 Å². The van der Waals surface area contributed by atoms with E-state index in [9.17, 15) is 19.5 Å². The molecule has 3 N–H and O–H groups in total. The third-order valence-corrected chi connectivity index (χ3v) is 4.46. The number of carbonyl (C=O) groups is 1. The van der Waals surface area contributed by atoms with E-state index in [1.807, 2.05) is 0 Å². The summed E-state index contributed by atoms with van der Waals surface area (Å²) in [6.07, 6.45) is 0.201. The first-order chi connectivity index (χ1) is 13.9. The maximum atomic E-state index is 12.4. The van der Waals surface area contributed by atoms with Crippen molar-refractivity contribution in [2.24, 2.45) is 5.10 Å². The maximum absolute atomic E-state index is 12.4. The minimum Gasteiger partial charge on any atom is -0.493 e. The number of rotatable bonds is 5. The van der Waals surface area contributed by atoms with Crippen LogP contribution in [-0.2, 0) is 0 Å². The van der Waals surface area contributed by atoms with Gasteiger partial charge in [-0.05, 0) is 30.7 Å². The minimum absolute atomic E-state index is 0.0915. The molecule has 0 aliphatic carbocycles. The lowest BCUT2D eigenvalue weighted by molar-refractivity contribution is 0.0955. The predicted molar refractivity (Wildman–Crippen MR) is 110 cm³/mol. The molecule has 0 fully saturated rings. The van der Waals surface area contributed by atoms with Gasteiger partial charge in [0.2, 0.25) is 5.88 Å². The molecule has 148 valence electrons. The molecule has 0 aliphatic rings. The summed E-state index contributed by atoms with van der Waals surface area (Å²) >= 11 is 6.00. The summed E-state index contributed by atoms with van der Waals surface area (Å²) in [5.41, 5.74) is 1.18. The van der Waals surface area contributed by atoms with E-state index in [1.165, 1.54) is 6.07 Å². The Labute approximate surface area is 170 Å². The topological polar surface area (TPSA) is 117 Å². The van der Waals surface area contributed by atoms with Gasteiger partial charge >= 0.3 is 5.69 Å². The highest BCUT2D eigenvalue weighted by atomic mass is 35.5. The SMILES string of the molecule is CCC(=NNC(=O)c1ccccc1Cl)c1c(O)n(-c2ccccc2)c(=O)[nH]c1=O. The number of aromatic amines is 1. The molecule has 0 unspecified atom stereocenters. The molecule has 1 aromatic heterocycles. The molecule has 1 amide bonds. The van der Waals surface area contributed by atoms with Gasteiger partial charge < -0.3 is 5.11 Å². The fourth-order valence-corrected chi connectivity index (χ4v) is 2.96. The van der Waals surface area contributed by atoms with E-state index < -0.39 is 23.0 Å². The molecule has 8 nitrogen and oxygen atoms in total. The second-order valence-electron chi connectivity index (χ2n) is 5.96. The zero-order chi connectivity index (χ0) is 21.0. The molecular weight excluding hydrogens is 396 g/mol. The number of aromatic hydroxyl groups is 1. The minimum atomic E-state index is -0.813. The molecule has 0 aliphatic heterocycles. The van der Waals surface area contributed by atoms with Gasteiger partial charge in [-0.2, -0.15) is 5.10 Å². The Kier molecular flexibility index (Phi) is 5.94. The Bertz CT molecular complexity index is 1200. The molecule has 0 bridgehead atoms. The molecule has 0 spiro atoms. The van der Waals surface area contributed by atoms with Crippen LogP contribution in [0.1, 0.15) is 29.3 Å². The summed E-state index contributed by atoms with van der Waals surface area (Å²) < 4.78 is 0.956. The van der Waals surface area contributed by atoms with E-state index >= 15 is 0 Å². The monoisotopic (exact) mass is 412 g/mol.